The number of aromatic nitrogens is 2. The van der Waals surface area contributed by atoms with E-state index in [4.69, 9.17) is 9.47 Å². The maximum Gasteiger partial charge on any atom is 0.244 e. The number of rotatable bonds is 9. The number of carbonyl (C=O) groups excluding carboxylic acids is 1. The zero-order valence-electron chi connectivity index (χ0n) is 17.3. The number of amides is 1. The molecule has 1 N–H and O–H groups in total. The second kappa shape index (κ2) is 10.5. The molecule has 7 heteroatoms. The van der Waals surface area contributed by atoms with Gasteiger partial charge in [0.25, 0.3) is 0 Å². The van der Waals surface area contributed by atoms with Gasteiger partial charge in [0.15, 0.2) is 11.5 Å². The summed E-state index contributed by atoms with van der Waals surface area (Å²) in [5, 5.41) is 5.83. The summed E-state index contributed by atoms with van der Waals surface area (Å²) in [6.07, 6.45) is 5.75. The van der Waals surface area contributed by atoms with Crippen LogP contribution in [0.5, 0.6) is 11.5 Å². The first-order chi connectivity index (χ1) is 14.5. The second-order valence-electron chi connectivity index (χ2n) is 6.79. The summed E-state index contributed by atoms with van der Waals surface area (Å²) in [6.45, 7) is 4.44. The summed E-state index contributed by atoms with van der Waals surface area (Å²) in [6, 6.07) is 11.3. The molecule has 30 heavy (non-hydrogen) atoms. The number of ether oxygens (including phenoxy) is 2. The summed E-state index contributed by atoms with van der Waals surface area (Å²) in [4.78, 5) is 21.0. The Morgan fingerprint density at radius 3 is 2.80 bits per heavy atom. The van der Waals surface area contributed by atoms with Gasteiger partial charge in [-0.1, -0.05) is 12.1 Å². The first-order valence-electron chi connectivity index (χ1n) is 9.71. The van der Waals surface area contributed by atoms with Crippen LogP contribution in [-0.4, -0.2) is 35.6 Å². The quantitative estimate of drug-likeness (QED) is 0.517. The SMILES string of the molecule is COc1cc(C=CC(=O)NCCc2nc(-c3ccccn3)cs2)ccc1OC(C)C. The van der Waals surface area contributed by atoms with E-state index >= 15 is 0 Å². The second-order valence-corrected chi connectivity index (χ2v) is 7.74. The molecule has 0 spiro atoms. The van der Waals surface area contributed by atoms with E-state index in [-0.39, 0.29) is 12.0 Å². The summed E-state index contributed by atoms with van der Waals surface area (Å²) < 4.78 is 11.1. The van der Waals surface area contributed by atoms with Crippen LogP contribution in [0.3, 0.4) is 0 Å². The van der Waals surface area contributed by atoms with Gasteiger partial charge in [0, 0.05) is 30.6 Å². The molecule has 1 aromatic carbocycles. The minimum atomic E-state index is -0.155. The van der Waals surface area contributed by atoms with Crippen molar-refractivity contribution in [3.05, 3.63) is 64.6 Å². The molecule has 3 rings (SSSR count). The largest absolute Gasteiger partial charge is 0.493 e. The van der Waals surface area contributed by atoms with Gasteiger partial charge in [0.2, 0.25) is 5.91 Å². The third-order valence-corrected chi connectivity index (χ3v) is 5.00. The van der Waals surface area contributed by atoms with Crippen LogP contribution in [0.1, 0.15) is 24.4 Å². The maximum atomic E-state index is 12.1. The number of benzene rings is 1. The van der Waals surface area contributed by atoms with E-state index in [1.54, 1.807) is 30.7 Å². The Labute approximate surface area is 180 Å². The van der Waals surface area contributed by atoms with Gasteiger partial charge in [0.1, 0.15) is 0 Å². The van der Waals surface area contributed by atoms with Crippen LogP contribution in [0.4, 0.5) is 0 Å². The highest BCUT2D eigenvalue weighted by Gasteiger charge is 2.08. The van der Waals surface area contributed by atoms with Gasteiger partial charge in [0.05, 0.1) is 29.6 Å². The van der Waals surface area contributed by atoms with Gasteiger partial charge < -0.3 is 14.8 Å². The van der Waals surface area contributed by atoms with Crippen LogP contribution in [-0.2, 0) is 11.2 Å². The molecule has 2 heterocycles. The van der Waals surface area contributed by atoms with Crippen LogP contribution in [0, 0.1) is 0 Å². The molecule has 156 valence electrons. The molecule has 0 aliphatic heterocycles. The van der Waals surface area contributed by atoms with Crippen LogP contribution in [0.15, 0.2) is 54.1 Å². The molecule has 0 radical (unpaired) electrons. The number of hydrogen-bond donors (Lipinski definition) is 1. The Balaban J connectivity index is 1.50. The van der Waals surface area contributed by atoms with E-state index in [2.05, 4.69) is 15.3 Å². The minimum Gasteiger partial charge on any atom is -0.493 e. The monoisotopic (exact) mass is 423 g/mol. The molecule has 0 fully saturated rings. The first-order valence-corrected chi connectivity index (χ1v) is 10.6. The zero-order valence-corrected chi connectivity index (χ0v) is 18.1. The molecule has 0 bridgehead atoms. The summed E-state index contributed by atoms with van der Waals surface area (Å²) >= 11 is 1.57. The van der Waals surface area contributed by atoms with Crippen molar-refractivity contribution in [3.63, 3.8) is 0 Å². The lowest BCUT2D eigenvalue weighted by molar-refractivity contribution is -0.116. The van der Waals surface area contributed by atoms with Crippen LogP contribution < -0.4 is 14.8 Å². The third kappa shape index (κ3) is 6.15. The van der Waals surface area contributed by atoms with Crippen molar-refractivity contribution in [1.29, 1.82) is 0 Å². The molecule has 1 amide bonds. The molecule has 0 aliphatic rings. The molecule has 6 nitrogen and oxygen atoms in total. The average molecular weight is 424 g/mol. The predicted molar refractivity (Wildman–Crippen MR) is 120 cm³/mol. The van der Waals surface area contributed by atoms with Crippen molar-refractivity contribution >= 4 is 23.3 Å². The number of nitrogens with zero attached hydrogens (tertiary/aromatic N) is 2. The fraction of sp³-hybridized carbons (Fsp3) is 0.261. The maximum absolute atomic E-state index is 12.1. The topological polar surface area (TPSA) is 73.3 Å². The Morgan fingerprint density at radius 2 is 2.07 bits per heavy atom. The Hall–Kier alpha value is -3.19. The predicted octanol–water partition coefficient (Wildman–Crippen LogP) is 4.37. The van der Waals surface area contributed by atoms with Gasteiger partial charge in [-0.05, 0) is 49.8 Å². The van der Waals surface area contributed by atoms with E-state index in [9.17, 15) is 4.79 Å². The molecule has 0 aliphatic carbocycles. The van der Waals surface area contributed by atoms with E-state index < -0.39 is 0 Å². The van der Waals surface area contributed by atoms with E-state index in [1.807, 2.05) is 55.6 Å². The van der Waals surface area contributed by atoms with Crippen molar-refractivity contribution < 1.29 is 14.3 Å². The van der Waals surface area contributed by atoms with Gasteiger partial charge in [-0.25, -0.2) is 4.98 Å². The summed E-state index contributed by atoms with van der Waals surface area (Å²) in [7, 11) is 1.60. The number of thiazole rings is 1. The molecule has 0 unspecified atom stereocenters. The molecule has 2 aromatic heterocycles. The fourth-order valence-corrected chi connectivity index (χ4v) is 3.51. The Bertz CT molecular complexity index is 1000. The number of nitrogens with one attached hydrogen (secondary N) is 1. The Kier molecular flexibility index (Phi) is 7.57. The van der Waals surface area contributed by atoms with Gasteiger partial charge in [-0.2, -0.15) is 0 Å². The molecule has 0 atom stereocenters. The number of methoxy groups -OCH3 is 1. The van der Waals surface area contributed by atoms with E-state index in [0.29, 0.717) is 24.5 Å². The lowest BCUT2D eigenvalue weighted by Gasteiger charge is -2.13. The fourth-order valence-electron chi connectivity index (χ4n) is 2.72. The number of pyridine rings is 1. The summed E-state index contributed by atoms with van der Waals surface area (Å²) in [5.74, 6) is 1.17. The summed E-state index contributed by atoms with van der Waals surface area (Å²) in [5.41, 5.74) is 2.57. The van der Waals surface area contributed by atoms with E-state index in [0.717, 1.165) is 22.0 Å². The van der Waals surface area contributed by atoms with Crippen molar-refractivity contribution in [2.24, 2.45) is 0 Å². The van der Waals surface area contributed by atoms with Gasteiger partial charge in [-0.15, -0.1) is 11.3 Å². The first kappa shape index (κ1) is 21.5. The zero-order chi connectivity index (χ0) is 21.3. The molecular weight excluding hydrogens is 398 g/mol. The van der Waals surface area contributed by atoms with Crippen molar-refractivity contribution in [3.8, 4) is 22.9 Å². The standard InChI is InChI=1S/C23H25N3O3S/c1-16(2)29-20-9-7-17(14-21(20)28-3)8-10-22(27)25-13-11-23-26-19(15-30-23)18-6-4-5-12-24-18/h4-10,12,14-16H,11,13H2,1-3H3,(H,25,27). The molecule has 0 saturated heterocycles. The van der Waals surface area contributed by atoms with Crippen molar-refractivity contribution in [2.75, 3.05) is 13.7 Å². The van der Waals surface area contributed by atoms with Gasteiger partial charge in [-0.3, -0.25) is 9.78 Å². The van der Waals surface area contributed by atoms with Crippen LogP contribution >= 0.6 is 11.3 Å². The highest BCUT2D eigenvalue weighted by atomic mass is 32.1. The number of hydrogen-bond acceptors (Lipinski definition) is 6. The minimum absolute atomic E-state index is 0.0592. The molecular formula is C23H25N3O3S. The molecule has 0 saturated carbocycles. The number of carbonyl (C=O) groups is 1. The third-order valence-electron chi connectivity index (χ3n) is 4.09. The van der Waals surface area contributed by atoms with Crippen LogP contribution in [0.2, 0.25) is 0 Å². The van der Waals surface area contributed by atoms with Crippen molar-refractivity contribution in [1.82, 2.24) is 15.3 Å². The highest BCUT2D eigenvalue weighted by Crippen LogP contribution is 2.29. The lowest BCUT2D eigenvalue weighted by atomic mass is 10.2. The lowest BCUT2D eigenvalue weighted by Crippen LogP contribution is -2.23. The Morgan fingerprint density at radius 1 is 1.20 bits per heavy atom. The average Bonchev–Trinajstić information content (AvgIpc) is 3.22. The molecule has 3 aromatic rings. The van der Waals surface area contributed by atoms with Crippen molar-refractivity contribution in [2.45, 2.75) is 26.4 Å². The van der Waals surface area contributed by atoms with Gasteiger partial charge >= 0.3 is 0 Å². The normalized spacial score (nSPS) is 11.1. The smallest absolute Gasteiger partial charge is 0.244 e. The van der Waals surface area contributed by atoms with E-state index in [1.165, 1.54) is 6.08 Å². The van der Waals surface area contributed by atoms with Crippen LogP contribution in [0.25, 0.3) is 17.5 Å². The highest BCUT2D eigenvalue weighted by molar-refractivity contribution is 7.09.